The third-order valence-corrected chi connectivity index (χ3v) is 9.35. The molecule has 0 bridgehead atoms. The maximum absolute atomic E-state index is 12.1. The van der Waals surface area contributed by atoms with Crippen LogP contribution in [0.15, 0.2) is 17.9 Å². The number of hydrogen-bond acceptors (Lipinski definition) is 1. The largest absolute Gasteiger partial charge is 0.365 e. The van der Waals surface area contributed by atoms with E-state index in [1.54, 1.807) is 0 Å². The summed E-state index contributed by atoms with van der Waals surface area (Å²) < 4.78 is 0. The number of nitrogens with two attached hydrogens (primary N) is 1. The van der Waals surface area contributed by atoms with E-state index >= 15 is 0 Å². The molecule has 2 N–H and O–H groups in total. The van der Waals surface area contributed by atoms with Crippen LogP contribution < -0.4 is 5.73 Å². The minimum atomic E-state index is -0.287. The lowest BCUT2D eigenvalue weighted by Crippen LogP contribution is -2.56. The number of fused-ring (bicyclic) bond motifs is 5. The SMILES string of the molecule is C=C=C(C(N)=O)C1CCCC2CC[C@H]3[C@@H]4CCC[C@@]4(C)CC[C@@H]3[C@]21C. The predicted octanol–water partition coefficient (Wildman–Crippen LogP) is 5.23. The van der Waals surface area contributed by atoms with Crippen molar-refractivity contribution in [2.24, 2.45) is 46.2 Å². The molecule has 4 aliphatic carbocycles. The molecule has 0 aromatic heterocycles. The molecule has 1 amide bonds. The molecule has 0 heterocycles. The highest BCUT2D eigenvalue weighted by molar-refractivity contribution is 5.92. The third-order valence-electron chi connectivity index (χ3n) is 9.35. The van der Waals surface area contributed by atoms with Gasteiger partial charge in [-0.25, -0.2) is 0 Å². The average Bonchev–Trinajstić information content (AvgIpc) is 2.97. The quantitative estimate of drug-likeness (QED) is 0.542. The van der Waals surface area contributed by atoms with Gasteiger partial charge >= 0.3 is 0 Å². The maximum atomic E-state index is 12.1. The second-order valence-electron chi connectivity index (χ2n) is 10.0. The number of primary amides is 1. The smallest absolute Gasteiger partial charge is 0.252 e. The van der Waals surface area contributed by atoms with E-state index < -0.39 is 0 Å². The summed E-state index contributed by atoms with van der Waals surface area (Å²) in [5.74, 6) is 3.28. The Morgan fingerprint density at radius 1 is 1.00 bits per heavy atom. The van der Waals surface area contributed by atoms with E-state index in [2.05, 4.69) is 26.2 Å². The standard InChI is InChI=1S/C23H35NO/c1-4-16(21(24)25)19-8-5-7-15-10-11-17-18-9-6-13-22(18,2)14-12-20(17)23(15,19)3/h15,17-20H,1,5-14H2,2-3H3,(H2,24,25)/t15?,17-,18-,19?,20-,22-,23+/m0/s1. The van der Waals surface area contributed by atoms with Gasteiger partial charge in [-0.3, -0.25) is 4.79 Å². The molecule has 7 atom stereocenters. The van der Waals surface area contributed by atoms with Crippen molar-refractivity contribution in [2.75, 3.05) is 0 Å². The van der Waals surface area contributed by atoms with Crippen molar-refractivity contribution in [3.63, 3.8) is 0 Å². The van der Waals surface area contributed by atoms with Crippen LogP contribution in [0, 0.1) is 40.4 Å². The first-order valence-electron chi connectivity index (χ1n) is 10.6. The Morgan fingerprint density at radius 3 is 2.52 bits per heavy atom. The Balaban J connectivity index is 1.73. The Bertz CT molecular complexity index is 618. The van der Waals surface area contributed by atoms with Crippen LogP contribution in [0.5, 0.6) is 0 Å². The first-order chi connectivity index (χ1) is 11.9. The molecule has 2 heteroatoms. The van der Waals surface area contributed by atoms with Crippen LogP contribution in [0.1, 0.15) is 78.1 Å². The molecule has 138 valence electrons. The molecular formula is C23H35NO. The molecule has 25 heavy (non-hydrogen) atoms. The number of amides is 1. The Kier molecular flexibility index (Phi) is 4.19. The van der Waals surface area contributed by atoms with Gasteiger partial charge in [0.2, 0.25) is 0 Å². The fourth-order valence-corrected chi connectivity index (χ4v) is 8.18. The molecule has 0 spiro atoms. The van der Waals surface area contributed by atoms with Crippen molar-refractivity contribution >= 4 is 5.91 Å². The molecule has 4 aliphatic rings. The molecule has 0 aliphatic heterocycles. The highest BCUT2D eigenvalue weighted by Gasteiger charge is 2.60. The predicted molar refractivity (Wildman–Crippen MR) is 102 cm³/mol. The van der Waals surface area contributed by atoms with E-state index in [1.807, 2.05) is 0 Å². The van der Waals surface area contributed by atoms with E-state index in [4.69, 9.17) is 5.73 Å². The second kappa shape index (κ2) is 6.02. The van der Waals surface area contributed by atoms with Gasteiger partial charge in [0.05, 0.1) is 5.57 Å². The zero-order valence-corrected chi connectivity index (χ0v) is 16.2. The topological polar surface area (TPSA) is 43.1 Å². The minimum Gasteiger partial charge on any atom is -0.365 e. The molecule has 0 saturated heterocycles. The molecule has 4 rings (SSSR count). The maximum Gasteiger partial charge on any atom is 0.252 e. The molecule has 0 radical (unpaired) electrons. The highest BCUT2D eigenvalue weighted by atomic mass is 16.1. The monoisotopic (exact) mass is 341 g/mol. The van der Waals surface area contributed by atoms with Crippen molar-refractivity contribution in [1.29, 1.82) is 0 Å². The molecular weight excluding hydrogens is 306 g/mol. The van der Waals surface area contributed by atoms with Gasteiger partial charge in [-0.1, -0.05) is 33.3 Å². The third kappa shape index (κ3) is 2.40. The van der Waals surface area contributed by atoms with E-state index in [9.17, 15) is 4.79 Å². The molecule has 4 saturated carbocycles. The summed E-state index contributed by atoms with van der Waals surface area (Å²) in [7, 11) is 0. The number of carbonyl (C=O) groups excluding carboxylic acids is 1. The Hall–Kier alpha value is -1.01. The van der Waals surface area contributed by atoms with Crippen molar-refractivity contribution < 1.29 is 4.79 Å². The van der Waals surface area contributed by atoms with E-state index in [0.29, 0.717) is 11.0 Å². The first-order valence-corrected chi connectivity index (χ1v) is 10.6. The molecule has 2 unspecified atom stereocenters. The van der Waals surface area contributed by atoms with Gasteiger partial charge in [0, 0.05) is 5.92 Å². The highest BCUT2D eigenvalue weighted by Crippen LogP contribution is 2.68. The van der Waals surface area contributed by atoms with Crippen LogP contribution in [-0.2, 0) is 4.79 Å². The number of carbonyl (C=O) groups is 1. The van der Waals surface area contributed by atoms with Crippen LogP contribution in [0.25, 0.3) is 0 Å². The summed E-state index contributed by atoms with van der Waals surface area (Å²) in [5, 5.41) is 0. The van der Waals surface area contributed by atoms with Crippen LogP contribution in [0.3, 0.4) is 0 Å². The van der Waals surface area contributed by atoms with Crippen molar-refractivity contribution in [3.8, 4) is 0 Å². The first kappa shape index (κ1) is 17.4. The lowest BCUT2D eigenvalue weighted by atomic mass is 9.42. The lowest BCUT2D eigenvalue weighted by molar-refractivity contribution is -0.131. The van der Waals surface area contributed by atoms with E-state index in [-0.39, 0.29) is 17.2 Å². The average molecular weight is 342 g/mol. The van der Waals surface area contributed by atoms with Gasteiger partial charge in [0.15, 0.2) is 0 Å². The van der Waals surface area contributed by atoms with Crippen LogP contribution in [0.2, 0.25) is 0 Å². The van der Waals surface area contributed by atoms with Crippen LogP contribution in [0.4, 0.5) is 0 Å². The fraction of sp³-hybridized carbons (Fsp3) is 0.826. The zero-order chi connectivity index (χ0) is 17.8. The van der Waals surface area contributed by atoms with Crippen LogP contribution >= 0.6 is 0 Å². The summed E-state index contributed by atoms with van der Waals surface area (Å²) >= 11 is 0. The van der Waals surface area contributed by atoms with Crippen LogP contribution in [-0.4, -0.2) is 5.91 Å². The minimum absolute atomic E-state index is 0.222. The Labute approximate surface area is 153 Å². The van der Waals surface area contributed by atoms with Gasteiger partial charge in [-0.2, -0.15) is 0 Å². The van der Waals surface area contributed by atoms with Gasteiger partial charge in [-0.05, 0) is 85.9 Å². The fourth-order valence-electron chi connectivity index (χ4n) is 8.18. The summed E-state index contributed by atoms with van der Waals surface area (Å²) in [6.45, 7) is 8.90. The number of rotatable bonds is 2. The van der Waals surface area contributed by atoms with Gasteiger partial charge in [0.1, 0.15) is 0 Å². The van der Waals surface area contributed by atoms with Gasteiger partial charge < -0.3 is 5.73 Å². The van der Waals surface area contributed by atoms with Crippen molar-refractivity contribution in [3.05, 3.63) is 17.9 Å². The van der Waals surface area contributed by atoms with Crippen molar-refractivity contribution in [1.82, 2.24) is 0 Å². The molecule has 0 aromatic carbocycles. The summed E-state index contributed by atoms with van der Waals surface area (Å²) in [6, 6.07) is 0. The zero-order valence-electron chi connectivity index (χ0n) is 16.2. The summed E-state index contributed by atoms with van der Waals surface area (Å²) in [6.07, 6.45) is 13.5. The molecule has 4 fully saturated rings. The Morgan fingerprint density at radius 2 is 1.80 bits per heavy atom. The van der Waals surface area contributed by atoms with E-state index in [0.717, 1.165) is 30.1 Å². The van der Waals surface area contributed by atoms with E-state index in [1.165, 1.54) is 57.8 Å². The molecule has 2 nitrogen and oxygen atoms in total. The summed E-state index contributed by atoms with van der Waals surface area (Å²) in [5.41, 5.74) is 10.2. The second-order valence-corrected chi connectivity index (χ2v) is 10.0. The lowest BCUT2D eigenvalue weighted by Gasteiger charge is -2.62. The summed E-state index contributed by atoms with van der Waals surface area (Å²) in [4.78, 5) is 12.1. The van der Waals surface area contributed by atoms with Gasteiger partial charge in [-0.15, -0.1) is 5.73 Å². The van der Waals surface area contributed by atoms with Gasteiger partial charge in [0.25, 0.3) is 5.91 Å². The normalized spacial score (nSPS) is 48.6. The number of hydrogen-bond donors (Lipinski definition) is 1. The van der Waals surface area contributed by atoms with Crippen molar-refractivity contribution in [2.45, 2.75) is 78.1 Å². The molecule has 0 aromatic rings.